The predicted octanol–water partition coefficient (Wildman–Crippen LogP) is 4.32. The summed E-state index contributed by atoms with van der Waals surface area (Å²) in [5.74, 6) is -0.719. The maximum Gasteiger partial charge on any atom is 0.314 e. The Morgan fingerprint density at radius 1 is 1.11 bits per heavy atom. The molecule has 4 rings (SSSR count). The average molecular weight is 385 g/mol. The van der Waals surface area contributed by atoms with Crippen LogP contribution < -0.4 is 4.74 Å². The van der Waals surface area contributed by atoms with Gasteiger partial charge < -0.3 is 9.15 Å². The van der Waals surface area contributed by atoms with Gasteiger partial charge >= 0.3 is 6.43 Å². The number of carbonyl (C=O) groups is 1. The fourth-order valence-electron chi connectivity index (χ4n) is 3.13. The van der Waals surface area contributed by atoms with Crippen molar-refractivity contribution in [3.8, 4) is 17.2 Å². The molecule has 2 heterocycles. The van der Waals surface area contributed by atoms with Crippen molar-refractivity contribution in [1.29, 1.82) is 0 Å². The van der Waals surface area contributed by atoms with Gasteiger partial charge in [0.05, 0.1) is 5.56 Å². The Bertz CT molecular complexity index is 1050. The molecule has 0 bridgehead atoms. The molecular formula is C20H17F2N3O3. The van der Waals surface area contributed by atoms with Gasteiger partial charge in [0.25, 0.3) is 11.8 Å². The van der Waals surface area contributed by atoms with Crippen molar-refractivity contribution in [2.24, 2.45) is 0 Å². The van der Waals surface area contributed by atoms with Crippen molar-refractivity contribution >= 4 is 5.91 Å². The molecular weight excluding hydrogens is 368 g/mol. The molecule has 0 saturated heterocycles. The van der Waals surface area contributed by atoms with Crippen LogP contribution in [0.15, 0.2) is 46.9 Å². The normalized spacial score (nSPS) is 18.9. The first-order chi connectivity index (χ1) is 13.3. The molecule has 0 radical (unpaired) electrons. The van der Waals surface area contributed by atoms with Crippen molar-refractivity contribution in [1.82, 2.24) is 15.1 Å². The summed E-state index contributed by atoms with van der Waals surface area (Å²) in [5, 5.41) is 6.94. The number of amides is 1. The molecule has 0 spiro atoms. The van der Waals surface area contributed by atoms with E-state index < -0.39 is 18.0 Å². The van der Waals surface area contributed by atoms with Gasteiger partial charge in [-0.05, 0) is 32.0 Å². The van der Waals surface area contributed by atoms with Gasteiger partial charge in [-0.1, -0.05) is 29.8 Å². The van der Waals surface area contributed by atoms with Crippen molar-refractivity contribution in [2.75, 3.05) is 7.05 Å². The zero-order valence-electron chi connectivity index (χ0n) is 15.4. The number of aryl methyl sites for hydroxylation is 1. The molecule has 144 valence electrons. The fraction of sp³-hybridized carbons (Fsp3) is 0.250. The van der Waals surface area contributed by atoms with Gasteiger partial charge in [0.1, 0.15) is 5.75 Å². The lowest BCUT2D eigenvalue weighted by molar-refractivity contribution is -0.0556. The van der Waals surface area contributed by atoms with Crippen LogP contribution in [0.5, 0.6) is 5.75 Å². The fourth-order valence-corrected chi connectivity index (χ4v) is 3.13. The minimum atomic E-state index is -2.86. The summed E-state index contributed by atoms with van der Waals surface area (Å²) in [7, 11) is 1.65. The highest BCUT2D eigenvalue weighted by atomic mass is 19.3. The number of rotatable bonds is 3. The second kappa shape index (κ2) is 6.40. The Kier molecular flexibility index (Phi) is 4.14. The Hall–Kier alpha value is -3.29. The van der Waals surface area contributed by atoms with Gasteiger partial charge in [-0.3, -0.25) is 9.69 Å². The van der Waals surface area contributed by atoms with E-state index in [1.807, 2.05) is 38.1 Å². The zero-order chi connectivity index (χ0) is 20.1. The molecule has 3 aromatic rings. The van der Waals surface area contributed by atoms with E-state index in [0.717, 1.165) is 11.1 Å². The Morgan fingerprint density at radius 2 is 1.82 bits per heavy atom. The Morgan fingerprint density at radius 3 is 2.46 bits per heavy atom. The quantitative estimate of drug-likeness (QED) is 0.672. The lowest BCUT2D eigenvalue weighted by Crippen LogP contribution is -2.52. The largest absolute Gasteiger partial charge is 0.463 e. The van der Waals surface area contributed by atoms with E-state index in [2.05, 4.69) is 10.2 Å². The number of halogens is 2. The predicted molar refractivity (Wildman–Crippen MR) is 95.9 cm³/mol. The van der Waals surface area contributed by atoms with Crippen LogP contribution in [0.3, 0.4) is 0 Å². The van der Waals surface area contributed by atoms with Gasteiger partial charge in [-0.2, -0.15) is 8.78 Å². The molecule has 28 heavy (non-hydrogen) atoms. The molecule has 0 aliphatic carbocycles. The number of benzene rings is 2. The van der Waals surface area contributed by atoms with Crippen LogP contribution in [-0.4, -0.2) is 28.1 Å². The summed E-state index contributed by atoms with van der Waals surface area (Å²) in [6, 6.07) is 12.5. The number of fused-ring (bicyclic) bond motifs is 1. The average Bonchev–Trinajstić information content (AvgIpc) is 3.17. The number of hydrogen-bond acceptors (Lipinski definition) is 5. The standard InChI is InChI=1S/C20H17F2N3O3/c1-11-4-7-13(8-5-11)20(2)25(3)19(26)14-10-12(6-9-15(14)28-20)17-23-24-18(27-17)16(21)22/h4-10,16H,1-3H3. The van der Waals surface area contributed by atoms with Crippen LogP contribution >= 0.6 is 0 Å². The molecule has 6 nitrogen and oxygen atoms in total. The van der Waals surface area contributed by atoms with Crippen LogP contribution in [0.2, 0.25) is 0 Å². The molecule has 0 saturated carbocycles. The van der Waals surface area contributed by atoms with Gasteiger partial charge in [0.2, 0.25) is 11.6 Å². The van der Waals surface area contributed by atoms with E-state index in [4.69, 9.17) is 9.15 Å². The van der Waals surface area contributed by atoms with E-state index in [0.29, 0.717) is 16.9 Å². The molecule has 2 aromatic carbocycles. The number of hydrogen-bond donors (Lipinski definition) is 0. The topological polar surface area (TPSA) is 68.5 Å². The van der Waals surface area contributed by atoms with E-state index in [1.54, 1.807) is 19.2 Å². The first-order valence-electron chi connectivity index (χ1n) is 8.60. The maximum absolute atomic E-state index is 13.0. The molecule has 1 aliphatic rings. The van der Waals surface area contributed by atoms with Crippen LogP contribution in [0, 0.1) is 6.92 Å². The van der Waals surface area contributed by atoms with Crippen molar-refractivity contribution < 1.29 is 22.7 Å². The number of ether oxygens (including phenoxy) is 1. The molecule has 0 fully saturated rings. The molecule has 8 heteroatoms. The number of carbonyl (C=O) groups excluding carboxylic acids is 1. The van der Waals surface area contributed by atoms with Crippen molar-refractivity contribution in [3.05, 3.63) is 65.0 Å². The van der Waals surface area contributed by atoms with E-state index >= 15 is 0 Å². The number of aromatic nitrogens is 2. The molecule has 1 unspecified atom stereocenters. The number of alkyl halides is 2. The lowest BCUT2D eigenvalue weighted by Gasteiger charge is -2.43. The summed E-state index contributed by atoms with van der Waals surface area (Å²) in [5.41, 5.74) is 1.61. The summed E-state index contributed by atoms with van der Waals surface area (Å²) < 4.78 is 36.5. The molecule has 1 amide bonds. The summed E-state index contributed by atoms with van der Waals surface area (Å²) in [6.45, 7) is 3.80. The first-order valence-corrected chi connectivity index (χ1v) is 8.60. The van der Waals surface area contributed by atoms with E-state index in [-0.39, 0.29) is 11.8 Å². The Balaban J connectivity index is 1.73. The zero-order valence-corrected chi connectivity index (χ0v) is 15.4. The minimum Gasteiger partial charge on any atom is -0.463 e. The Labute approximate surface area is 159 Å². The van der Waals surface area contributed by atoms with E-state index in [9.17, 15) is 13.6 Å². The van der Waals surface area contributed by atoms with Crippen LogP contribution in [-0.2, 0) is 5.72 Å². The highest BCUT2D eigenvalue weighted by Gasteiger charge is 2.42. The molecule has 1 atom stereocenters. The van der Waals surface area contributed by atoms with E-state index in [1.165, 1.54) is 11.0 Å². The van der Waals surface area contributed by atoms with Crippen LogP contribution in [0.1, 0.15) is 40.7 Å². The lowest BCUT2D eigenvalue weighted by atomic mass is 9.97. The third-order valence-electron chi connectivity index (χ3n) is 4.92. The maximum atomic E-state index is 13.0. The van der Waals surface area contributed by atoms with Gasteiger partial charge in [0, 0.05) is 18.2 Å². The summed E-state index contributed by atoms with van der Waals surface area (Å²) >= 11 is 0. The third-order valence-corrected chi connectivity index (χ3v) is 4.92. The van der Waals surface area contributed by atoms with Gasteiger partial charge in [0.15, 0.2) is 0 Å². The summed E-state index contributed by atoms with van der Waals surface area (Å²) in [6.07, 6.45) is -2.86. The smallest absolute Gasteiger partial charge is 0.314 e. The van der Waals surface area contributed by atoms with Gasteiger partial charge in [-0.25, -0.2) is 0 Å². The molecule has 1 aliphatic heterocycles. The molecule has 0 N–H and O–H groups in total. The number of nitrogens with zero attached hydrogens (tertiary/aromatic N) is 3. The SMILES string of the molecule is Cc1ccc(C2(C)Oc3ccc(-c4nnc(C(F)F)o4)cc3C(=O)N2C)cc1. The first kappa shape index (κ1) is 18.1. The molecule has 1 aromatic heterocycles. The highest BCUT2D eigenvalue weighted by molar-refractivity contribution is 5.99. The minimum absolute atomic E-state index is 0.0829. The third kappa shape index (κ3) is 2.81. The van der Waals surface area contributed by atoms with Gasteiger partial charge in [-0.15, -0.1) is 10.2 Å². The summed E-state index contributed by atoms with van der Waals surface area (Å²) in [4.78, 5) is 14.5. The van der Waals surface area contributed by atoms with Crippen molar-refractivity contribution in [2.45, 2.75) is 26.0 Å². The van der Waals surface area contributed by atoms with Crippen LogP contribution in [0.25, 0.3) is 11.5 Å². The second-order valence-electron chi connectivity index (χ2n) is 6.77. The monoisotopic (exact) mass is 385 g/mol. The highest BCUT2D eigenvalue weighted by Crippen LogP contribution is 2.40. The second-order valence-corrected chi connectivity index (χ2v) is 6.77. The van der Waals surface area contributed by atoms with Crippen LogP contribution in [0.4, 0.5) is 8.78 Å². The van der Waals surface area contributed by atoms with Crippen molar-refractivity contribution in [3.63, 3.8) is 0 Å².